The van der Waals surface area contributed by atoms with Gasteiger partial charge in [-0.2, -0.15) is 0 Å². The predicted molar refractivity (Wildman–Crippen MR) is 129 cm³/mol. The number of nitrogens with zero attached hydrogens (tertiary/aromatic N) is 1. The quantitative estimate of drug-likeness (QED) is 0.445. The zero-order valence-corrected chi connectivity index (χ0v) is 19.4. The zero-order chi connectivity index (χ0) is 23.8. The van der Waals surface area contributed by atoms with Crippen LogP contribution < -0.4 is 10.6 Å². The Bertz CT molecular complexity index is 1090. The van der Waals surface area contributed by atoms with Gasteiger partial charge in [0, 0.05) is 42.5 Å². The number of amides is 3. The van der Waals surface area contributed by atoms with Crippen molar-refractivity contribution in [2.75, 3.05) is 13.1 Å². The third-order valence-corrected chi connectivity index (χ3v) is 5.62. The van der Waals surface area contributed by atoms with Crippen molar-refractivity contribution in [1.82, 2.24) is 20.5 Å². The summed E-state index contributed by atoms with van der Waals surface area (Å²) in [4.78, 5) is 43.0. The molecule has 1 unspecified atom stereocenters. The van der Waals surface area contributed by atoms with Gasteiger partial charge in [-0.25, -0.2) is 0 Å². The summed E-state index contributed by atoms with van der Waals surface area (Å²) in [6, 6.07) is 16.8. The number of H-pyrrole nitrogens is 1. The summed E-state index contributed by atoms with van der Waals surface area (Å²) in [5.74, 6) is -1.01. The number of aromatic amines is 1. The number of aromatic nitrogens is 1. The number of benzene rings is 2. The van der Waals surface area contributed by atoms with Gasteiger partial charge in [-0.05, 0) is 24.1 Å². The maximum atomic E-state index is 13.0. The van der Waals surface area contributed by atoms with Crippen LogP contribution in [-0.4, -0.2) is 46.7 Å². The van der Waals surface area contributed by atoms with Crippen LogP contribution in [0.25, 0.3) is 10.9 Å². The maximum Gasteiger partial charge on any atom is 0.243 e. The summed E-state index contributed by atoms with van der Waals surface area (Å²) in [6.07, 6.45) is 2.18. The Hall–Kier alpha value is -3.61. The monoisotopic (exact) mass is 448 g/mol. The van der Waals surface area contributed by atoms with E-state index in [1.807, 2.05) is 67.7 Å². The average Bonchev–Trinajstić information content (AvgIpc) is 3.23. The Morgan fingerprint density at radius 1 is 0.970 bits per heavy atom. The molecule has 0 aliphatic carbocycles. The van der Waals surface area contributed by atoms with Crippen LogP contribution in [0.5, 0.6) is 0 Å². The second kappa shape index (κ2) is 11.3. The summed E-state index contributed by atoms with van der Waals surface area (Å²) >= 11 is 0. The molecule has 0 saturated carbocycles. The lowest BCUT2D eigenvalue weighted by Crippen LogP contribution is -2.51. The maximum absolute atomic E-state index is 13.0. The molecule has 3 rings (SSSR count). The van der Waals surface area contributed by atoms with Crippen LogP contribution in [0.1, 0.15) is 31.9 Å². The van der Waals surface area contributed by atoms with E-state index >= 15 is 0 Å². The molecule has 0 spiro atoms. The molecule has 3 amide bonds. The van der Waals surface area contributed by atoms with Crippen molar-refractivity contribution in [2.45, 2.75) is 39.8 Å². The Morgan fingerprint density at radius 2 is 1.67 bits per heavy atom. The summed E-state index contributed by atoms with van der Waals surface area (Å²) in [5.41, 5.74) is 2.93. The van der Waals surface area contributed by atoms with Gasteiger partial charge in [-0.1, -0.05) is 62.4 Å². The second-order valence-electron chi connectivity index (χ2n) is 8.39. The lowest BCUT2D eigenvalue weighted by Gasteiger charge is -2.23. The minimum Gasteiger partial charge on any atom is -0.361 e. The van der Waals surface area contributed by atoms with Crippen LogP contribution in [0, 0.1) is 5.92 Å². The second-order valence-corrected chi connectivity index (χ2v) is 8.39. The minimum absolute atomic E-state index is 0.124. The lowest BCUT2D eigenvalue weighted by atomic mass is 10.0. The van der Waals surface area contributed by atoms with Gasteiger partial charge >= 0.3 is 0 Å². The number of rotatable bonds is 10. The van der Waals surface area contributed by atoms with Crippen LogP contribution >= 0.6 is 0 Å². The molecular weight excluding hydrogens is 416 g/mol. The van der Waals surface area contributed by atoms with E-state index in [1.165, 1.54) is 0 Å². The SMILES string of the molecule is CCN(Cc1ccccc1)C(=O)CNC(=O)C(Cc1c[nH]c2ccccc12)NC(=O)C(C)C. The van der Waals surface area contributed by atoms with E-state index in [0.29, 0.717) is 19.5 Å². The summed E-state index contributed by atoms with van der Waals surface area (Å²) < 4.78 is 0. The fourth-order valence-corrected chi connectivity index (χ4v) is 3.65. The number of para-hydroxylation sites is 1. The number of carbonyl (C=O) groups excluding carboxylic acids is 3. The van der Waals surface area contributed by atoms with E-state index in [2.05, 4.69) is 15.6 Å². The van der Waals surface area contributed by atoms with E-state index in [1.54, 1.807) is 18.7 Å². The smallest absolute Gasteiger partial charge is 0.243 e. The molecule has 1 heterocycles. The van der Waals surface area contributed by atoms with Gasteiger partial charge in [0.25, 0.3) is 0 Å². The Labute approximate surface area is 194 Å². The van der Waals surface area contributed by atoms with Crippen molar-refractivity contribution in [2.24, 2.45) is 5.92 Å². The summed E-state index contributed by atoms with van der Waals surface area (Å²) in [6.45, 7) is 6.36. The molecule has 33 heavy (non-hydrogen) atoms. The van der Waals surface area contributed by atoms with Gasteiger partial charge in [-0.15, -0.1) is 0 Å². The minimum atomic E-state index is -0.781. The Balaban J connectivity index is 1.67. The number of nitrogens with one attached hydrogen (secondary N) is 3. The fourth-order valence-electron chi connectivity index (χ4n) is 3.65. The number of fused-ring (bicyclic) bond motifs is 1. The van der Waals surface area contributed by atoms with Crippen LogP contribution in [0.3, 0.4) is 0 Å². The van der Waals surface area contributed by atoms with Crippen LogP contribution in [-0.2, 0) is 27.3 Å². The van der Waals surface area contributed by atoms with Crippen molar-refractivity contribution in [3.05, 3.63) is 71.9 Å². The van der Waals surface area contributed by atoms with E-state index in [-0.39, 0.29) is 30.2 Å². The highest BCUT2D eigenvalue weighted by atomic mass is 16.2. The van der Waals surface area contributed by atoms with Gasteiger partial charge in [0.15, 0.2) is 0 Å². The molecule has 0 saturated heterocycles. The van der Waals surface area contributed by atoms with Crippen molar-refractivity contribution in [1.29, 1.82) is 0 Å². The van der Waals surface area contributed by atoms with Crippen molar-refractivity contribution in [3.63, 3.8) is 0 Å². The standard InChI is InChI=1S/C26H32N4O3/c1-4-30(17-19-10-6-5-7-11-19)24(31)16-28-26(33)23(29-25(32)18(2)3)14-20-15-27-22-13-9-8-12-21(20)22/h5-13,15,18,23,27H,4,14,16-17H2,1-3H3,(H,28,33)(H,29,32). The van der Waals surface area contributed by atoms with Gasteiger partial charge in [0.1, 0.15) is 6.04 Å². The highest BCUT2D eigenvalue weighted by Crippen LogP contribution is 2.19. The number of carbonyl (C=O) groups is 3. The molecular formula is C26H32N4O3. The molecule has 0 aliphatic heterocycles. The van der Waals surface area contributed by atoms with Gasteiger partial charge in [-0.3, -0.25) is 14.4 Å². The molecule has 0 radical (unpaired) electrons. The third-order valence-electron chi connectivity index (χ3n) is 5.62. The largest absolute Gasteiger partial charge is 0.361 e. The van der Waals surface area contributed by atoms with Crippen LogP contribution in [0.4, 0.5) is 0 Å². The van der Waals surface area contributed by atoms with E-state index in [4.69, 9.17) is 0 Å². The molecule has 174 valence electrons. The van der Waals surface area contributed by atoms with Gasteiger partial charge < -0.3 is 20.5 Å². The van der Waals surface area contributed by atoms with E-state index in [9.17, 15) is 14.4 Å². The highest BCUT2D eigenvalue weighted by molar-refractivity contribution is 5.92. The highest BCUT2D eigenvalue weighted by Gasteiger charge is 2.24. The van der Waals surface area contributed by atoms with Gasteiger partial charge in [0.05, 0.1) is 6.54 Å². The third kappa shape index (κ3) is 6.44. The fraction of sp³-hybridized carbons (Fsp3) is 0.346. The van der Waals surface area contributed by atoms with E-state index < -0.39 is 6.04 Å². The molecule has 0 fully saturated rings. The predicted octanol–water partition coefficient (Wildman–Crippen LogP) is 3.02. The first-order chi connectivity index (χ1) is 15.9. The molecule has 3 N–H and O–H groups in total. The molecule has 1 aromatic heterocycles. The molecule has 3 aromatic rings. The van der Waals surface area contributed by atoms with Crippen molar-refractivity contribution >= 4 is 28.6 Å². The Kier molecular flexibility index (Phi) is 8.24. The zero-order valence-electron chi connectivity index (χ0n) is 19.4. The number of likely N-dealkylation sites (N-methyl/N-ethyl adjacent to an activating group) is 1. The number of hydrogen-bond acceptors (Lipinski definition) is 3. The first-order valence-corrected chi connectivity index (χ1v) is 11.3. The topological polar surface area (TPSA) is 94.3 Å². The molecule has 7 heteroatoms. The Morgan fingerprint density at radius 3 is 2.36 bits per heavy atom. The van der Waals surface area contributed by atoms with Crippen molar-refractivity contribution in [3.8, 4) is 0 Å². The first-order valence-electron chi connectivity index (χ1n) is 11.3. The molecule has 2 aromatic carbocycles. The molecule has 1 atom stereocenters. The molecule has 0 bridgehead atoms. The van der Waals surface area contributed by atoms with E-state index in [0.717, 1.165) is 22.0 Å². The van der Waals surface area contributed by atoms with Crippen LogP contribution in [0.2, 0.25) is 0 Å². The van der Waals surface area contributed by atoms with Crippen molar-refractivity contribution < 1.29 is 14.4 Å². The molecule has 7 nitrogen and oxygen atoms in total. The summed E-state index contributed by atoms with van der Waals surface area (Å²) in [5, 5.41) is 6.57. The average molecular weight is 449 g/mol. The van der Waals surface area contributed by atoms with Crippen LogP contribution in [0.15, 0.2) is 60.8 Å². The first kappa shape index (κ1) is 24.0. The normalized spacial score (nSPS) is 11.9. The summed E-state index contributed by atoms with van der Waals surface area (Å²) in [7, 11) is 0. The lowest BCUT2D eigenvalue weighted by molar-refractivity contribution is -0.134. The number of hydrogen-bond donors (Lipinski definition) is 3. The van der Waals surface area contributed by atoms with Gasteiger partial charge in [0.2, 0.25) is 17.7 Å². The molecule has 0 aliphatic rings.